The molecule has 8 nitrogen and oxygen atoms in total. The third-order valence-corrected chi connectivity index (χ3v) is 7.29. The maximum Gasteiger partial charge on any atom is 0.416 e. The molecule has 2 unspecified atom stereocenters. The number of aromatic nitrogens is 4. The summed E-state index contributed by atoms with van der Waals surface area (Å²) in [4.78, 5) is 25.1. The first-order valence-electron chi connectivity index (χ1n) is 12.4. The van der Waals surface area contributed by atoms with Gasteiger partial charge in [-0.2, -0.15) is 13.2 Å². The number of rotatable bonds is 7. The van der Waals surface area contributed by atoms with Crippen LogP contribution in [0.1, 0.15) is 79.1 Å². The van der Waals surface area contributed by atoms with E-state index in [2.05, 4.69) is 27.5 Å². The van der Waals surface area contributed by atoms with E-state index in [-0.39, 0.29) is 30.1 Å². The summed E-state index contributed by atoms with van der Waals surface area (Å²) < 4.78 is 41.2. The second-order valence-electron chi connectivity index (χ2n) is 9.75. The van der Waals surface area contributed by atoms with Crippen LogP contribution in [-0.2, 0) is 12.7 Å². The molecule has 36 heavy (non-hydrogen) atoms. The Morgan fingerprint density at radius 1 is 1.14 bits per heavy atom. The quantitative estimate of drug-likeness (QED) is 0.417. The van der Waals surface area contributed by atoms with Crippen LogP contribution in [0, 0.1) is 5.92 Å². The maximum atomic E-state index is 13.1. The fraction of sp³-hybridized carbons (Fsp3) is 0.520. The molecular formula is C25H29F3N6O2. The van der Waals surface area contributed by atoms with Crippen molar-refractivity contribution in [2.45, 2.75) is 70.3 Å². The Labute approximate surface area is 206 Å². The number of imidazole rings is 1. The molecule has 3 heterocycles. The molecule has 2 fully saturated rings. The summed E-state index contributed by atoms with van der Waals surface area (Å²) in [5.74, 6) is -0.0489. The van der Waals surface area contributed by atoms with E-state index in [0.29, 0.717) is 28.6 Å². The Morgan fingerprint density at radius 2 is 1.89 bits per heavy atom. The van der Waals surface area contributed by atoms with Crippen LogP contribution in [0.2, 0.25) is 0 Å². The van der Waals surface area contributed by atoms with Gasteiger partial charge in [0.15, 0.2) is 11.5 Å². The molecule has 0 amide bonds. The Balaban J connectivity index is 1.61. The van der Waals surface area contributed by atoms with Gasteiger partial charge in [0, 0.05) is 12.6 Å². The van der Waals surface area contributed by atoms with E-state index in [4.69, 9.17) is 4.98 Å². The third kappa shape index (κ3) is 4.88. The summed E-state index contributed by atoms with van der Waals surface area (Å²) in [6.45, 7) is 3.13. The fourth-order valence-electron chi connectivity index (χ4n) is 5.00. The second kappa shape index (κ2) is 9.68. The second-order valence-corrected chi connectivity index (χ2v) is 9.75. The van der Waals surface area contributed by atoms with Gasteiger partial charge in [0.25, 0.3) is 0 Å². The Kier molecular flexibility index (Phi) is 6.59. The largest absolute Gasteiger partial charge is 0.475 e. The van der Waals surface area contributed by atoms with E-state index in [9.17, 15) is 23.1 Å². The molecule has 3 aromatic rings. The van der Waals surface area contributed by atoms with E-state index in [0.717, 1.165) is 50.8 Å². The van der Waals surface area contributed by atoms with Crippen molar-refractivity contribution in [3.63, 3.8) is 0 Å². The van der Waals surface area contributed by atoms with Gasteiger partial charge in [0.05, 0.1) is 11.6 Å². The molecule has 1 aliphatic carbocycles. The number of hydrogen-bond donors (Lipinski definition) is 3. The van der Waals surface area contributed by atoms with Crippen molar-refractivity contribution in [3.05, 3.63) is 47.0 Å². The number of nitrogens with one attached hydrogen (secondary N) is 2. The lowest BCUT2D eigenvalue weighted by molar-refractivity contribution is -0.137. The number of aromatic carboxylic acids is 1. The molecular weight excluding hydrogens is 473 g/mol. The number of piperidine rings is 1. The van der Waals surface area contributed by atoms with Crippen molar-refractivity contribution in [3.8, 4) is 0 Å². The van der Waals surface area contributed by atoms with Crippen molar-refractivity contribution in [1.29, 1.82) is 0 Å². The van der Waals surface area contributed by atoms with E-state index >= 15 is 0 Å². The van der Waals surface area contributed by atoms with Crippen molar-refractivity contribution >= 4 is 23.0 Å². The number of alkyl halides is 3. The number of fused-ring (bicyclic) bond motifs is 1. The van der Waals surface area contributed by atoms with Gasteiger partial charge in [-0.25, -0.2) is 19.7 Å². The predicted molar refractivity (Wildman–Crippen MR) is 128 cm³/mol. The van der Waals surface area contributed by atoms with Crippen molar-refractivity contribution < 1.29 is 23.1 Å². The molecule has 0 bridgehead atoms. The summed E-state index contributed by atoms with van der Waals surface area (Å²) in [7, 11) is 0. The van der Waals surface area contributed by atoms with Crippen LogP contribution in [0.5, 0.6) is 0 Å². The molecule has 192 valence electrons. The number of nitrogens with zero attached hydrogens (tertiary/aromatic N) is 4. The van der Waals surface area contributed by atoms with E-state index in [1.165, 1.54) is 18.6 Å². The smallest absolute Gasteiger partial charge is 0.416 e. The molecule has 3 N–H and O–H groups in total. The van der Waals surface area contributed by atoms with Gasteiger partial charge < -0.3 is 20.3 Å². The highest BCUT2D eigenvalue weighted by molar-refractivity contribution is 5.90. The molecule has 0 spiro atoms. The highest BCUT2D eigenvalue weighted by Gasteiger charge is 2.31. The van der Waals surface area contributed by atoms with E-state index < -0.39 is 17.7 Å². The number of hydrogen-bond acceptors (Lipinski definition) is 6. The summed E-state index contributed by atoms with van der Waals surface area (Å²) in [5, 5.41) is 16.5. The molecule has 2 aromatic heterocycles. The van der Waals surface area contributed by atoms with Gasteiger partial charge in [-0.1, -0.05) is 25.0 Å². The zero-order valence-electron chi connectivity index (χ0n) is 20.0. The molecule has 1 aliphatic heterocycles. The number of carboxylic acid groups (broad SMARTS) is 1. The first-order valence-corrected chi connectivity index (χ1v) is 12.4. The number of benzene rings is 1. The average Bonchev–Trinajstić information content (AvgIpc) is 3.16. The topological polar surface area (TPSA) is 105 Å². The lowest BCUT2D eigenvalue weighted by atomic mass is 9.80. The molecule has 1 saturated carbocycles. The lowest BCUT2D eigenvalue weighted by Crippen LogP contribution is -2.32. The van der Waals surface area contributed by atoms with Gasteiger partial charge in [-0.15, -0.1) is 0 Å². The molecule has 1 aromatic carbocycles. The lowest BCUT2D eigenvalue weighted by Gasteiger charge is -2.32. The zero-order valence-corrected chi connectivity index (χ0v) is 20.0. The third-order valence-electron chi connectivity index (χ3n) is 7.29. The molecule has 2 atom stereocenters. The highest BCUT2D eigenvalue weighted by Crippen LogP contribution is 2.34. The molecule has 11 heteroatoms. The van der Waals surface area contributed by atoms with Crippen LogP contribution in [0.3, 0.4) is 0 Å². The van der Waals surface area contributed by atoms with E-state index in [1.807, 2.05) is 4.57 Å². The fourth-order valence-corrected chi connectivity index (χ4v) is 5.00. The van der Waals surface area contributed by atoms with Crippen LogP contribution in [0.4, 0.5) is 19.0 Å². The van der Waals surface area contributed by atoms with Crippen molar-refractivity contribution in [2.75, 3.05) is 11.9 Å². The van der Waals surface area contributed by atoms with Gasteiger partial charge in [0.2, 0.25) is 5.82 Å². The molecule has 0 radical (unpaired) electrons. The Bertz CT molecular complexity index is 1250. The standard InChI is InChI=1S/C25H29F3N6O2/c1-14(16-5-4-6-16)30-20-19-21(32-22(31-20)24(35)36)33-23(18-7-2-3-12-29-18)34(19)13-15-8-10-17(11-9-15)25(26,27)28/h8-11,14,16,18,29H,2-7,12-13H2,1H3,(H,35,36)(H,30,31,32). The predicted octanol–water partition coefficient (Wildman–Crippen LogP) is 5.01. The van der Waals surface area contributed by atoms with Crippen molar-refractivity contribution in [1.82, 2.24) is 24.8 Å². The number of carbonyl (C=O) groups is 1. The highest BCUT2D eigenvalue weighted by atomic mass is 19.4. The molecule has 1 saturated heterocycles. The summed E-state index contributed by atoms with van der Waals surface area (Å²) in [6, 6.07) is 5.07. The summed E-state index contributed by atoms with van der Waals surface area (Å²) in [6.07, 6.45) is 1.84. The van der Waals surface area contributed by atoms with E-state index in [1.54, 1.807) is 0 Å². The summed E-state index contributed by atoms with van der Waals surface area (Å²) >= 11 is 0. The summed E-state index contributed by atoms with van der Waals surface area (Å²) in [5.41, 5.74) is 0.787. The van der Waals surface area contributed by atoms with Crippen LogP contribution in [0.25, 0.3) is 11.2 Å². The zero-order chi connectivity index (χ0) is 25.4. The van der Waals surface area contributed by atoms with Crippen LogP contribution < -0.4 is 10.6 Å². The minimum atomic E-state index is -4.41. The van der Waals surface area contributed by atoms with Gasteiger partial charge in [-0.05, 0) is 62.8 Å². The van der Waals surface area contributed by atoms with Crippen LogP contribution in [-0.4, -0.2) is 43.2 Å². The molecule has 5 rings (SSSR count). The van der Waals surface area contributed by atoms with Crippen molar-refractivity contribution in [2.24, 2.45) is 5.92 Å². The number of halogens is 3. The molecule has 2 aliphatic rings. The monoisotopic (exact) mass is 502 g/mol. The van der Waals surface area contributed by atoms with Crippen LogP contribution >= 0.6 is 0 Å². The SMILES string of the molecule is CC(Nc1nc(C(=O)O)nc2nc(C3CCCCN3)n(Cc3ccc(C(F)(F)F)cc3)c12)C1CCC1. The number of anilines is 1. The minimum absolute atomic E-state index is 0.0733. The first kappa shape index (κ1) is 24.5. The minimum Gasteiger partial charge on any atom is -0.475 e. The normalized spacial score (nSPS) is 19.7. The Hall–Kier alpha value is -3.21. The average molecular weight is 503 g/mol. The van der Waals surface area contributed by atoms with Gasteiger partial charge in [-0.3, -0.25) is 0 Å². The van der Waals surface area contributed by atoms with Gasteiger partial charge >= 0.3 is 12.1 Å². The van der Waals surface area contributed by atoms with Gasteiger partial charge in [0.1, 0.15) is 11.3 Å². The number of carboxylic acids is 1. The van der Waals surface area contributed by atoms with Crippen LogP contribution in [0.15, 0.2) is 24.3 Å². The maximum absolute atomic E-state index is 13.1. The first-order chi connectivity index (χ1) is 17.2. The Morgan fingerprint density at radius 3 is 2.47 bits per heavy atom.